The van der Waals surface area contributed by atoms with Gasteiger partial charge in [0.15, 0.2) is 0 Å². The Balaban J connectivity index is 1.52. The number of H-pyrrole nitrogens is 1. The van der Waals surface area contributed by atoms with Gasteiger partial charge in [-0.1, -0.05) is 42.5 Å². The third kappa shape index (κ3) is 3.90. The minimum Gasteiger partial charge on any atom is -0.326 e. The van der Waals surface area contributed by atoms with Crippen molar-refractivity contribution in [3.8, 4) is 0 Å². The molecule has 1 heterocycles. The lowest BCUT2D eigenvalue weighted by atomic mass is 10.1. The Morgan fingerprint density at radius 1 is 1.00 bits per heavy atom. The molecule has 1 aromatic heterocycles. The zero-order valence-corrected chi connectivity index (χ0v) is 17.1. The molecule has 0 bridgehead atoms. The number of nitrogens with one attached hydrogen (secondary N) is 2. The first-order chi connectivity index (χ1) is 14.4. The van der Waals surface area contributed by atoms with Crippen molar-refractivity contribution in [3.63, 3.8) is 0 Å². The number of carbonyl (C=O) groups is 1. The summed E-state index contributed by atoms with van der Waals surface area (Å²) in [6, 6.07) is 22.6. The molecule has 30 heavy (non-hydrogen) atoms. The predicted octanol–water partition coefficient (Wildman–Crippen LogP) is 3.57. The van der Waals surface area contributed by atoms with E-state index < -0.39 is 10.0 Å². The number of benzene rings is 3. The first-order valence-electron chi connectivity index (χ1n) is 9.31. The maximum atomic E-state index is 13.0. The molecule has 0 aliphatic heterocycles. The zero-order chi connectivity index (χ0) is 21.1. The number of hydrogen-bond acceptors (Lipinski definition) is 4. The first-order valence-corrected chi connectivity index (χ1v) is 10.7. The van der Waals surface area contributed by atoms with Crippen molar-refractivity contribution in [2.75, 3.05) is 16.7 Å². The smallest absolute Gasteiger partial charge is 0.264 e. The van der Waals surface area contributed by atoms with E-state index in [0.29, 0.717) is 17.1 Å². The van der Waals surface area contributed by atoms with Gasteiger partial charge in [0, 0.05) is 18.1 Å². The average molecular weight is 420 g/mol. The van der Waals surface area contributed by atoms with Crippen LogP contribution in [0.4, 0.5) is 11.4 Å². The molecule has 0 radical (unpaired) electrons. The lowest BCUT2D eigenvalue weighted by Gasteiger charge is -2.19. The van der Waals surface area contributed by atoms with Crippen LogP contribution in [-0.2, 0) is 21.2 Å². The van der Waals surface area contributed by atoms with Crippen LogP contribution >= 0.6 is 0 Å². The molecule has 0 spiro atoms. The highest BCUT2D eigenvalue weighted by Gasteiger charge is 2.21. The second kappa shape index (κ2) is 8.00. The van der Waals surface area contributed by atoms with Crippen molar-refractivity contribution in [2.24, 2.45) is 0 Å². The number of para-hydroxylation sites is 2. The minimum atomic E-state index is -3.76. The number of hydrogen-bond donors (Lipinski definition) is 2. The van der Waals surface area contributed by atoms with Crippen LogP contribution < -0.4 is 9.62 Å². The molecule has 0 saturated carbocycles. The topological polar surface area (TPSA) is 95.2 Å². The number of aromatic amines is 1. The summed E-state index contributed by atoms with van der Waals surface area (Å²) >= 11 is 0. The Kier molecular flexibility index (Phi) is 5.24. The SMILES string of the molecule is CN(c1ccccc1)S(=O)(=O)c1cccc(NC(=O)Cc2[nH]nc3ccccc23)c1. The van der Waals surface area contributed by atoms with Crippen molar-refractivity contribution >= 4 is 38.2 Å². The first kappa shape index (κ1) is 19.7. The van der Waals surface area contributed by atoms with E-state index in [1.165, 1.54) is 23.5 Å². The summed E-state index contributed by atoms with van der Waals surface area (Å²) in [5.41, 5.74) is 2.46. The van der Waals surface area contributed by atoms with Gasteiger partial charge < -0.3 is 5.32 Å². The van der Waals surface area contributed by atoms with Crippen molar-refractivity contribution in [1.82, 2.24) is 10.2 Å². The standard InChI is InChI=1S/C22H20N4O3S/c1-26(17-9-3-2-4-10-17)30(28,29)18-11-7-8-16(14-18)23-22(27)15-21-19-12-5-6-13-20(19)24-25-21/h2-14H,15H2,1H3,(H,23,27)(H,24,25). The van der Waals surface area contributed by atoms with Crippen LogP contribution in [0.15, 0.2) is 83.8 Å². The third-order valence-corrected chi connectivity index (χ3v) is 6.56. The summed E-state index contributed by atoms with van der Waals surface area (Å²) in [5, 5.41) is 10.7. The van der Waals surface area contributed by atoms with Gasteiger partial charge in [-0.25, -0.2) is 8.42 Å². The van der Waals surface area contributed by atoms with Gasteiger partial charge in [-0.05, 0) is 36.4 Å². The van der Waals surface area contributed by atoms with E-state index in [-0.39, 0.29) is 17.2 Å². The summed E-state index contributed by atoms with van der Waals surface area (Å²) in [4.78, 5) is 12.6. The van der Waals surface area contributed by atoms with Crippen LogP contribution in [0, 0.1) is 0 Å². The number of carbonyl (C=O) groups excluding carboxylic acids is 1. The van der Waals surface area contributed by atoms with Gasteiger partial charge in [0.2, 0.25) is 5.91 Å². The van der Waals surface area contributed by atoms with Gasteiger partial charge >= 0.3 is 0 Å². The second-order valence-corrected chi connectivity index (χ2v) is 8.75. The number of nitrogens with zero attached hydrogens (tertiary/aromatic N) is 2. The maximum Gasteiger partial charge on any atom is 0.264 e. The third-order valence-electron chi connectivity index (χ3n) is 4.77. The summed E-state index contributed by atoms with van der Waals surface area (Å²) in [6.45, 7) is 0. The maximum absolute atomic E-state index is 13.0. The Bertz CT molecular complexity index is 1300. The Morgan fingerprint density at radius 2 is 1.73 bits per heavy atom. The predicted molar refractivity (Wildman–Crippen MR) is 117 cm³/mol. The van der Waals surface area contributed by atoms with Gasteiger partial charge in [0.1, 0.15) is 0 Å². The van der Waals surface area contributed by atoms with E-state index in [9.17, 15) is 13.2 Å². The van der Waals surface area contributed by atoms with Crippen molar-refractivity contribution in [1.29, 1.82) is 0 Å². The fourth-order valence-corrected chi connectivity index (χ4v) is 4.43. The van der Waals surface area contributed by atoms with Crippen LogP contribution in [0.25, 0.3) is 10.9 Å². The molecule has 0 saturated heterocycles. The molecule has 1 amide bonds. The molecular formula is C22H20N4O3S. The quantitative estimate of drug-likeness (QED) is 0.499. The monoisotopic (exact) mass is 420 g/mol. The Hall–Kier alpha value is -3.65. The summed E-state index contributed by atoms with van der Waals surface area (Å²) in [6.07, 6.45) is 0.0986. The molecule has 8 heteroatoms. The molecular weight excluding hydrogens is 400 g/mol. The van der Waals surface area contributed by atoms with Gasteiger partial charge in [0.25, 0.3) is 10.0 Å². The van der Waals surface area contributed by atoms with E-state index in [1.54, 1.807) is 36.4 Å². The van der Waals surface area contributed by atoms with E-state index in [0.717, 1.165) is 10.9 Å². The summed E-state index contributed by atoms with van der Waals surface area (Å²) in [5.74, 6) is -0.268. The summed E-state index contributed by atoms with van der Waals surface area (Å²) in [7, 11) is -2.26. The van der Waals surface area contributed by atoms with Crippen molar-refractivity contribution in [3.05, 3.63) is 84.6 Å². The lowest BCUT2D eigenvalue weighted by Crippen LogP contribution is -2.26. The van der Waals surface area contributed by atoms with Crippen molar-refractivity contribution in [2.45, 2.75) is 11.3 Å². The molecule has 0 aliphatic carbocycles. The zero-order valence-electron chi connectivity index (χ0n) is 16.2. The van der Waals surface area contributed by atoms with Crippen LogP contribution in [0.2, 0.25) is 0 Å². The van der Waals surface area contributed by atoms with Crippen molar-refractivity contribution < 1.29 is 13.2 Å². The van der Waals surface area contributed by atoms with Gasteiger partial charge in [-0.15, -0.1) is 0 Å². The Labute approximate surface area is 174 Å². The number of fused-ring (bicyclic) bond motifs is 1. The van der Waals surface area contributed by atoms with E-state index >= 15 is 0 Å². The van der Waals surface area contributed by atoms with E-state index in [4.69, 9.17) is 0 Å². The van der Waals surface area contributed by atoms with E-state index in [1.807, 2.05) is 30.3 Å². The van der Waals surface area contributed by atoms with E-state index in [2.05, 4.69) is 15.5 Å². The van der Waals surface area contributed by atoms with Gasteiger partial charge in [-0.2, -0.15) is 5.10 Å². The fourth-order valence-electron chi connectivity index (χ4n) is 3.18. The Morgan fingerprint density at radius 3 is 2.53 bits per heavy atom. The van der Waals surface area contributed by atoms with Crippen LogP contribution in [-0.4, -0.2) is 31.6 Å². The molecule has 4 rings (SSSR count). The van der Waals surface area contributed by atoms with Gasteiger partial charge in [0.05, 0.1) is 28.2 Å². The molecule has 3 aromatic carbocycles. The molecule has 2 N–H and O–H groups in total. The lowest BCUT2D eigenvalue weighted by molar-refractivity contribution is -0.115. The largest absolute Gasteiger partial charge is 0.326 e. The van der Waals surface area contributed by atoms with Crippen LogP contribution in [0.5, 0.6) is 0 Å². The minimum absolute atomic E-state index is 0.0960. The number of amides is 1. The number of sulfonamides is 1. The molecule has 7 nitrogen and oxygen atoms in total. The average Bonchev–Trinajstić information content (AvgIpc) is 3.16. The normalized spacial score (nSPS) is 11.4. The molecule has 4 aromatic rings. The number of rotatable bonds is 6. The number of anilines is 2. The molecule has 152 valence electrons. The molecule has 0 atom stereocenters. The highest BCUT2D eigenvalue weighted by atomic mass is 32.2. The number of aromatic nitrogens is 2. The second-order valence-electron chi connectivity index (χ2n) is 6.78. The highest BCUT2D eigenvalue weighted by Crippen LogP contribution is 2.24. The molecule has 0 unspecified atom stereocenters. The van der Waals surface area contributed by atoms with Crippen LogP contribution in [0.1, 0.15) is 5.69 Å². The molecule has 0 fully saturated rings. The summed E-state index contributed by atoms with van der Waals surface area (Å²) < 4.78 is 27.2. The highest BCUT2D eigenvalue weighted by molar-refractivity contribution is 7.92. The van der Waals surface area contributed by atoms with Gasteiger partial charge in [-0.3, -0.25) is 14.2 Å². The molecule has 0 aliphatic rings. The fraction of sp³-hybridized carbons (Fsp3) is 0.0909. The van der Waals surface area contributed by atoms with Crippen LogP contribution in [0.3, 0.4) is 0 Å².